The molecule has 0 saturated carbocycles. The zero-order chi connectivity index (χ0) is 9.97. The van der Waals surface area contributed by atoms with Crippen molar-refractivity contribution in [3.05, 3.63) is 41.8 Å². The number of rotatable bonds is 2. The van der Waals surface area contributed by atoms with Gasteiger partial charge in [0.15, 0.2) is 5.88 Å². The number of nitrogens with two attached hydrogens (primary N) is 1. The Balaban J connectivity index is 2.35. The van der Waals surface area contributed by atoms with Crippen molar-refractivity contribution in [2.24, 2.45) is 5.73 Å². The summed E-state index contributed by atoms with van der Waals surface area (Å²) in [7, 11) is 0. The molecule has 0 fully saturated rings. The maximum atomic E-state index is 5.43. The van der Waals surface area contributed by atoms with E-state index in [2.05, 4.69) is 18.0 Å². The summed E-state index contributed by atoms with van der Waals surface area (Å²) in [6.07, 6.45) is 0.985. The predicted octanol–water partition coefficient (Wildman–Crippen LogP) is 1.14. The van der Waals surface area contributed by atoms with E-state index in [0.717, 1.165) is 25.3 Å². The highest BCUT2D eigenvalue weighted by Crippen LogP contribution is 2.25. The molecule has 0 atom stereocenters. The normalized spacial score (nSPS) is 14.6. The summed E-state index contributed by atoms with van der Waals surface area (Å²) < 4.78 is 5.37. The molecular formula is C11H14N2O. The van der Waals surface area contributed by atoms with E-state index in [-0.39, 0.29) is 5.88 Å². The quantitative estimate of drug-likeness (QED) is 0.687. The van der Waals surface area contributed by atoms with Crippen molar-refractivity contribution in [2.75, 3.05) is 6.54 Å². The minimum Gasteiger partial charge on any atom is -0.442 e. The van der Waals surface area contributed by atoms with Crippen LogP contribution < -0.4 is 15.8 Å². The minimum atomic E-state index is 0.247. The molecule has 1 aromatic rings. The van der Waals surface area contributed by atoms with E-state index in [1.807, 2.05) is 12.1 Å². The molecule has 0 unspecified atom stereocenters. The maximum absolute atomic E-state index is 5.43. The van der Waals surface area contributed by atoms with Gasteiger partial charge in [-0.3, -0.25) is 0 Å². The third kappa shape index (κ3) is 1.72. The highest BCUT2D eigenvalue weighted by atomic mass is 16.5. The Hall–Kier alpha value is -1.48. The fraction of sp³-hybridized carbons (Fsp3) is 0.273. The van der Waals surface area contributed by atoms with Crippen LogP contribution >= 0.6 is 0 Å². The molecule has 3 heteroatoms. The van der Waals surface area contributed by atoms with E-state index in [1.165, 1.54) is 11.1 Å². The molecule has 0 aromatic heterocycles. The molecule has 3 nitrogen and oxygen atoms in total. The minimum absolute atomic E-state index is 0.247. The maximum Gasteiger partial charge on any atom is 0.183 e. The third-order valence-electron chi connectivity index (χ3n) is 2.34. The van der Waals surface area contributed by atoms with E-state index >= 15 is 0 Å². The van der Waals surface area contributed by atoms with Crippen LogP contribution in [0.2, 0.25) is 0 Å². The van der Waals surface area contributed by atoms with Crippen LogP contribution in [0.4, 0.5) is 0 Å². The molecule has 0 aliphatic carbocycles. The smallest absolute Gasteiger partial charge is 0.183 e. The molecule has 0 amide bonds. The van der Waals surface area contributed by atoms with Gasteiger partial charge in [0, 0.05) is 12.1 Å². The van der Waals surface area contributed by atoms with Gasteiger partial charge in [-0.2, -0.15) is 0 Å². The lowest BCUT2D eigenvalue weighted by Gasteiger charge is -2.19. The fourth-order valence-electron chi connectivity index (χ4n) is 1.73. The van der Waals surface area contributed by atoms with Crippen molar-refractivity contribution >= 4 is 0 Å². The summed E-state index contributed by atoms with van der Waals surface area (Å²) in [4.78, 5) is 0. The summed E-state index contributed by atoms with van der Waals surface area (Å²) in [5, 5.41) is 3.31. The van der Waals surface area contributed by atoms with E-state index < -0.39 is 0 Å². The van der Waals surface area contributed by atoms with Gasteiger partial charge in [-0.15, -0.1) is 0 Å². The van der Waals surface area contributed by atoms with Gasteiger partial charge in [0.05, 0.1) is 0 Å². The SMILES string of the molecule is C=C(N)Oc1cccc2c1CCNC2. The second kappa shape index (κ2) is 3.72. The van der Waals surface area contributed by atoms with Crippen molar-refractivity contribution in [3.8, 4) is 5.75 Å². The number of nitrogens with one attached hydrogen (secondary N) is 1. The largest absolute Gasteiger partial charge is 0.442 e. The summed E-state index contributed by atoms with van der Waals surface area (Å²) in [5.41, 5.74) is 7.96. The molecule has 1 heterocycles. The monoisotopic (exact) mass is 190 g/mol. The number of ether oxygens (including phenoxy) is 1. The van der Waals surface area contributed by atoms with Gasteiger partial charge in [0.2, 0.25) is 0 Å². The molecule has 1 aromatic carbocycles. The Morgan fingerprint density at radius 1 is 1.50 bits per heavy atom. The summed E-state index contributed by atoms with van der Waals surface area (Å²) in [6, 6.07) is 6.01. The van der Waals surface area contributed by atoms with E-state index in [4.69, 9.17) is 10.5 Å². The molecule has 0 bridgehead atoms. The van der Waals surface area contributed by atoms with Crippen LogP contribution in [0.25, 0.3) is 0 Å². The molecule has 0 saturated heterocycles. The zero-order valence-electron chi connectivity index (χ0n) is 8.05. The molecule has 0 radical (unpaired) electrons. The first-order chi connectivity index (χ1) is 6.77. The van der Waals surface area contributed by atoms with Gasteiger partial charge in [-0.25, -0.2) is 0 Å². The van der Waals surface area contributed by atoms with Gasteiger partial charge in [-0.05, 0) is 31.2 Å². The second-order valence-electron chi connectivity index (χ2n) is 3.39. The van der Waals surface area contributed by atoms with E-state index in [1.54, 1.807) is 0 Å². The fourth-order valence-corrected chi connectivity index (χ4v) is 1.73. The third-order valence-corrected chi connectivity index (χ3v) is 2.34. The number of hydrogen-bond acceptors (Lipinski definition) is 3. The van der Waals surface area contributed by atoms with E-state index in [0.29, 0.717) is 0 Å². The lowest BCUT2D eigenvalue weighted by atomic mass is 10.0. The molecular weight excluding hydrogens is 176 g/mol. The Morgan fingerprint density at radius 2 is 2.36 bits per heavy atom. The van der Waals surface area contributed by atoms with Gasteiger partial charge >= 0.3 is 0 Å². The van der Waals surface area contributed by atoms with E-state index in [9.17, 15) is 0 Å². The molecule has 1 aliphatic rings. The van der Waals surface area contributed by atoms with Gasteiger partial charge in [-0.1, -0.05) is 12.1 Å². The van der Waals surface area contributed by atoms with Crippen LogP contribution in [0.5, 0.6) is 5.75 Å². The lowest BCUT2D eigenvalue weighted by molar-refractivity contribution is 0.413. The highest BCUT2D eigenvalue weighted by molar-refractivity contribution is 5.42. The highest BCUT2D eigenvalue weighted by Gasteiger charge is 2.13. The van der Waals surface area contributed by atoms with Crippen LogP contribution in [0.1, 0.15) is 11.1 Å². The number of fused-ring (bicyclic) bond motifs is 1. The first-order valence-electron chi connectivity index (χ1n) is 4.71. The molecule has 0 spiro atoms. The summed E-state index contributed by atoms with van der Waals surface area (Å²) in [6.45, 7) is 5.44. The molecule has 3 N–H and O–H groups in total. The summed E-state index contributed by atoms with van der Waals surface area (Å²) >= 11 is 0. The Bertz CT molecular complexity index is 360. The van der Waals surface area contributed by atoms with Crippen molar-refractivity contribution in [2.45, 2.75) is 13.0 Å². The molecule has 2 rings (SSSR count). The zero-order valence-corrected chi connectivity index (χ0v) is 8.05. The Morgan fingerprint density at radius 3 is 3.14 bits per heavy atom. The van der Waals surface area contributed by atoms with Gasteiger partial charge < -0.3 is 15.8 Å². The summed E-state index contributed by atoms with van der Waals surface area (Å²) in [5.74, 6) is 1.09. The van der Waals surface area contributed by atoms with Crippen LogP contribution in [0, 0.1) is 0 Å². The molecule has 74 valence electrons. The van der Waals surface area contributed by atoms with Crippen molar-refractivity contribution in [3.63, 3.8) is 0 Å². The second-order valence-corrected chi connectivity index (χ2v) is 3.39. The Labute approximate surface area is 83.6 Å². The molecule has 14 heavy (non-hydrogen) atoms. The van der Waals surface area contributed by atoms with Crippen LogP contribution in [-0.2, 0) is 13.0 Å². The van der Waals surface area contributed by atoms with Crippen LogP contribution in [0.3, 0.4) is 0 Å². The molecule has 1 aliphatic heterocycles. The number of benzene rings is 1. The van der Waals surface area contributed by atoms with Gasteiger partial charge in [0.25, 0.3) is 0 Å². The van der Waals surface area contributed by atoms with Crippen LogP contribution in [-0.4, -0.2) is 6.54 Å². The van der Waals surface area contributed by atoms with Crippen LogP contribution in [0.15, 0.2) is 30.7 Å². The van der Waals surface area contributed by atoms with Crippen molar-refractivity contribution < 1.29 is 4.74 Å². The lowest BCUT2D eigenvalue weighted by Crippen LogP contribution is -2.24. The van der Waals surface area contributed by atoms with Crippen molar-refractivity contribution in [1.29, 1.82) is 0 Å². The topological polar surface area (TPSA) is 47.3 Å². The first kappa shape index (κ1) is 9.09. The average Bonchev–Trinajstić information content (AvgIpc) is 2.18. The average molecular weight is 190 g/mol. The standard InChI is InChI=1S/C11H14N2O/c1-8(12)14-11-4-2-3-9-7-13-6-5-10(9)11/h2-4,13H,1,5-7,12H2. The number of hydrogen-bond donors (Lipinski definition) is 2. The van der Waals surface area contributed by atoms with Gasteiger partial charge in [0.1, 0.15) is 5.75 Å². The predicted molar refractivity (Wildman–Crippen MR) is 55.8 cm³/mol. The van der Waals surface area contributed by atoms with Crippen molar-refractivity contribution in [1.82, 2.24) is 5.32 Å². The first-order valence-corrected chi connectivity index (χ1v) is 4.71. The Kier molecular flexibility index (Phi) is 2.41.